The van der Waals surface area contributed by atoms with Crippen molar-refractivity contribution in [3.8, 4) is 0 Å². The van der Waals surface area contributed by atoms with Crippen LogP contribution in [0, 0.1) is 0 Å². The molecule has 0 atom stereocenters. The van der Waals surface area contributed by atoms with Gasteiger partial charge in [0.25, 0.3) is 0 Å². The molecule has 17 heavy (non-hydrogen) atoms. The molecule has 0 saturated heterocycles. The molecule has 1 aromatic rings. The predicted octanol–water partition coefficient (Wildman–Crippen LogP) is 1.36. The van der Waals surface area contributed by atoms with Gasteiger partial charge in [-0.2, -0.15) is 0 Å². The van der Waals surface area contributed by atoms with E-state index in [0.29, 0.717) is 18.7 Å². The van der Waals surface area contributed by atoms with Crippen molar-refractivity contribution < 1.29 is 18.7 Å². The van der Waals surface area contributed by atoms with Crippen LogP contribution in [0.2, 0.25) is 0 Å². The average Bonchev–Trinajstić information content (AvgIpc) is 2.87. The third kappa shape index (κ3) is 1.44. The Hall–Kier alpha value is -1.53. The minimum atomic E-state index is -2.64. The normalized spacial score (nSPS) is 25.3. The monoisotopic (exact) mass is 243 g/mol. The van der Waals surface area contributed by atoms with Crippen LogP contribution in [0.5, 0.6) is 0 Å². The Labute approximate surface area is 95.5 Å². The van der Waals surface area contributed by atoms with Crippen LogP contribution in [0.1, 0.15) is 37.4 Å². The summed E-state index contributed by atoms with van der Waals surface area (Å²) in [6.45, 7) is 0. The van der Waals surface area contributed by atoms with Crippen molar-refractivity contribution in [1.29, 1.82) is 0 Å². The number of aromatic nitrogens is 3. The molecule has 92 valence electrons. The molecule has 0 aliphatic heterocycles. The summed E-state index contributed by atoms with van der Waals surface area (Å²) >= 11 is 0. The van der Waals surface area contributed by atoms with E-state index in [2.05, 4.69) is 10.2 Å². The lowest BCUT2D eigenvalue weighted by atomic mass is 9.80. The topological polar surface area (TPSA) is 68.0 Å². The highest BCUT2D eigenvalue weighted by Crippen LogP contribution is 2.51. The number of aliphatic carboxylic acids is 1. The Morgan fingerprint density at radius 2 is 2.12 bits per heavy atom. The van der Waals surface area contributed by atoms with E-state index < -0.39 is 17.4 Å². The first-order chi connectivity index (χ1) is 7.95. The number of hydrogen-bond acceptors (Lipinski definition) is 3. The summed E-state index contributed by atoms with van der Waals surface area (Å²) in [7, 11) is 0. The van der Waals surface area contributed by atoms with Crippen LogP contribution in [0.3, 0.4) is 0 Å². The van der Waals surface area contributed by atoms with Gasteiger partial charge in [0, 0.05) is 18.8 Å². The Bertz CT molecular complexity index is 474. The molecule has 0 aromatic carbocycles. The maximum absolute atomic E-state index is 12.8. The third-order valence-corrected chi connectivity index (χ3v) is 3.61. The second-order valence-corrected chi connectivity index (χ2v) is 4.86. The van der Waals surface area contributed by atoms with Gasteiger partial charge in [0.05, 0.1) is 0 Å². The van der Waals surface area contributed by atoms with Gasteiger partial charge in [0.15, 0.2) is 0 Å². The molecule has 2 aliphatic rings. The quantitative estimate of drug-likeness (QED) is 0.870. The SMILES string of the molecule is O=C(O)C1(n2cnnc2C2CC(F)(F)C2)CC1. The van der Waals surface area contributed by atoms with Crippen LogP contribution in [-0.4, -0.2) is 31.8 Å². The lowest BCUT2D eigenvalue weighted by Crippen LogP contribution is -2.37. The fourth-order valence-corrected chi connectivity index (χ4v) is 2.37. The molecule has 0 amide bonds. The van der Waals surface area contributed by atoms with Gasteiger partial charge >= 0.3 is 5.97 Å². The minimum absolute atomic E-state index is 0.263. The van der Waals surface area contributed by atoms with Crippen molar-refractivity contribution >= 4 is 5.97 Å². The molecule has 1 aromatic heterocycles. The smallest absolute Gasteiger partial charge is 0.329 e. The molecule has 7 heteroatoms. The second-order valence-electron chi connectivity index (χ2n) is 4.86. The highest BCUT2D eigenvalue weighted by Gasteiger charge is 2.56. The summed E-state index contributed by atoms with van der Waals surface area (Å²) < 4.78 is 27.1. The van der Waals surface area contributed by atoms with Crippen molar-refractivity contribution in [3.05, 3.63) is 12.2 Å². The van der Waals surface area contributed by atoms with Crippen LogP contribution < -0.4 is 0 Å². The molecule has 2 aliphatic carbocycles. The summed E-state index contributed by atoms with van der Waals surface area (Å²) in [5.74, 6) is -3.56. The summed E-state index contributed by atoms with van der Waals surface area (Å²) in [5.41, 5.74) is -0.982. The first-order valence-corrected chi connectivity index (χ1v) is 5.46. The predicted molar refractivity (Wildman–Crippen MR) is 51.8 cm³/mol. The molecule has 2 fully saturated rings. The molecular formula is C10H11F2N3O2. The van der Waals surface area contributed by atoms with Gasteiger partial charge in [-0.3, -0.25) is 0 Å². The van der Waals surface area contributed by atoms with Crippen LogP contribution >= 0.6 is 0 Å². The second kappa shape index (κ2) is 3.02. The number of hydrogen-bond donors (Lipinski definition) is 1. The molecule has 1 heterocycles. The van der Waals surface area contributed by atoms with E-state index in [-0.39, 0.29) is 18.8 Å². The van der Waals surface area contributed by atoms with Gasteiger partial charge in [-0.25, -0.2) is 13.6 Å². The Balaban J connectivity index is 1.89. The van der Waals surface area contributed by atoms with E-state index >= 15 is 0 Å². The molecule has 0 spiro atoms. The molecule has 1 N–H and O–H groups in total. The molecule has 3 rings (SSSR count). The standard InChI is InChI=1S/C10H11F2N3O2/c11-10(12)3-6(4-10)7-14-13-5-15(7)9(1-2-9)8(16)17/h5-6H,1-4H2,(H,16,17). The van der Waals surface area contributed by atoms with Crippen molar-refractivity contribution in [3.63, 3.8) is 0 Å². The maximum Gasteiger partial charge on any atom is 0.329 e. The van der Waals surface area contributed by atoms with E-state index in [1.54, 1.807) is 0 Å². The van der Waals surface area contributed by atoms with Gasteiger partial charge in [0.1, 0.15) is 17.7 Å². The average molecular weight is 243 g/mol. The van der Waals surface area contributed by atoms with Crippen LogP contribution in [-0.2, 0) is 10.3 Å². The zero-order valence-corrected chi connectivity index (χ0v) is 8.94. The molecule has 5 nitrogen and oxygen atoms in total. The number of rotatable bonds is 3. The van der Waals surface area contributed by atoms with Crippen LogP contribution in [0.25, 0.3) is 0 Å². The number of nitrogens with zero attached hydrogens (tertiary/aromatic N) is 3. The van der Waals surface area contributed by atoms with Crippen molar-refractivity contribution in [2.24, 2.45) is 0 Å². The molecule has 0 unspecified atom stereocenters. The zero-order chi connectivity index (χ0) is 12.3. The molecular weight excluding hydrogens is 232 g/mol. The highest BCUT2D eigenvalue weighted by molar-refractivity contribution is 5.80. The molecule has 0 radical (unpaired) electrons. The van der Waals surface area contributed by atoms with Gasteiger partial charge in [-0.15, -0.1) is 10.2 Å². The van der Waals surface area contributed by atoms with Crippen LogP contribution in [0.4, 0.5) is 8.78 Å². The number of halogens is 2. The number of carbonyl (C=O) groups is 1. The maximum atomic E-state index is 12.8. The fourth-order valence-electron chi connectivity index (χ4n) is 2.37. The van der Waals surface area contributed by atoms with Crippen molar-refractivity contribution in [2.75, 3.05) is 0 Å². The summed E-state index contributed by atoms with van der Waals surface area (Å²) in [6.07, 6.45) is 1.84. The Kier molecular flexibility index (Phi) is 1.89. The van der Waals surface area contributed by atoms with Gasteiger partial charge in [0.2, 0.25) is 5.92 Å². The van der Waals surface area contributed by atoms with Crippen molar-refractivity contribution in [1.82, 2.24) is 14.8 Å². The summed E-state index contributed by atoms with van der Waals surface area (Å²) in [4.78, 5) is 11.2. The number of alkyl halides is 2. The van der Waals surface area contributed by atoms with Gasteiger partial charge < -0.3 is 9.67 Å². The lowest BCUT2D eigenvalue weighted by molar-refractivity contribution is -0.142. The van der Waals surface area contributed by atoms with E-state index in [1.807, 2.05) is 0 Å². The fraction of sp³-hybridized carbons (Fsp3) is 0.700. The van der Waals surface area contributed by atoms with Gasteiger partial charge in [-0.1, -0.05) is 0 Å². The number of carboxylic acid groups (broad SMARTS) is 1. The van der Waals surface area contributed by atoms with E-state index in [9.17, 15) is 13.6 Å². The molecule has 2 saturated carbocycles. The van der Waals surface area contributed by atoms with E-state index in [0.717, 1.165) is 0 Å². The largest absolute Gasteiger partial charge is 0.479 e. The van der Waals surface area contributed by atoms with Gasteiger partial charge in [-0.05, 0) is 12.8 Å². The highest BCUT2D eigenvalue weighted by atomic mass is 19.3. The Morgan fingerprint density at radius 3 is 2.59 bits per heavy atom. The molecule has 0 bridgehead atoms. The summed E-state index contributed by atoms with van der Waals surface area (Å²) in [6, 6.07) is 0. The zero-order valence-electron chi connectivity index (χ0n) is 8.94. The third-order valence-electron chi connectivity index (χ3n) is 3.61. The Morgan fingerprint density at radius 1 is 1.47 bits per heavy atom. The van der Waals surface area contributed by atoms with Crippen molar-refractivity contribution in [2.45, 2.75) is 43.1 Å². The number of carboxylic acids is 1. The first-order valence-electron chi connectivity index (χ1n) is 5.46. The lowest BCUT2D eigenvalue weighted by Gasteiger charge is -2.34. The summed E-state index contributed by atoms with van der Waals surface area (Å²) in [5, 5.41) is 16.6. The van der Waals surface area contributed by atoms with E-state index in [4.69, 9.17) is 5.11 Å². The minimum Gasteiger partial charge on any atom is -0.479 e. The first kappa shape index (κ1) is 10.6. The van der Waals surface area contributed by atoms with Crippen LogP contribution in [0.15, 0.2) is 6.33 Å². The van der Waals surface area contributed by atoms with E-state index in [1.165, 1.54) is 10.9 Å².